The van der Waals surface area contributed by atoms with Crippen LogP contribution in [0.25, 0.3) is 0 Å². The lowest BCUT2D eigenvalue weighted by atomic mass is 10.0. The quantitative estimate of drug-likeness (QED) is 0.897. The molecular formula is C14H11BrClFO2. The molecule has 19 heavy (non-hydrogen) atoms. The molecule has 100 valence electrons. The first-order chi connectivity index (χ1) is 9.04. The maximum atomic E-state index is 13.9. The fraction of sp³-hybridized carbons (Fsp3) is 0.143. The van der Waals surface area contributed by atoms with Crippen LogP contribution in [0.1, 0.15) is 17.2 Å². The Balaban J connectivity index is 2.44. The van der Waals surface area contributed by atoms with E-state index in [-0.39, 0.29) is 10.6 Å². The van der Waals surface area contributed by atoms with E-state index in [0.717, 1.165) is 0 Å². The van der Waals surface area contributed by atoms with E-state index in [4.69, 9.17) is 16.3 Å². The van der Waals surface area contributed by atoms with Gasteiger partial charge in [0, 0.05) is 10.0 Å². The van der Waals surface area contributed by atoms with E-state index in [1.807, 2.05) is 0 Å². The van der Waals surface area contributed by atoms with Gasteiger partial charge >= 0.3 is 0 Å². The minimum absolute atomic E-state index is 0.0128. The number of aliphatic hydroxyl groups excluding tert-OH is 1. The first-order valence-corrected chi connectivity index (χ1v) is 6.67. The molecule has 1 atom stereocenters. The Morgan fingerprint density at radius 2 is 2.00 bits per heavy atom. The molecule has 1 N–H and O–H groups in total. The molecule has 2 aromatic rings. The van der Waals surface area contributed by atoms with Crippen LogP contribution in [0.5, 0.6) is 5.75 Å². The summed E-state index contributed by atoms with van der Waals surface area (Å²) >= 11 is 9.05. The summed E-state index contributed by atoms with van der Waals surface area (Å²) in [6, 6.07) is 9.63. The monoisotopic (exact) mass is 344 g/mol. The summed E-state index contributed by atoms with van der Waals surface area (Å²) in [5.41, 5.74) is 0.681. The number of halogens is 3. The van der Waals surface area contributed by atoms with Gasteiger partial charge in [-0.1, -0.05) is 45.7 Å². The van der Waals surface area contributed by atoms with Crippen LogP contribution in [0.15, 0.2) is 40.9 Å². The third kappa shape index (κ3) is 2.91. The number of benzene rings is 2. The molecule has 0 aliphatic rings. The number of hydrogen-bond donors (Lipinski definition) is 1. The Hall–Kier alpha value is -1.10. The highest BCUT2D eigenvalue weighted by Gasteiger charge is 2.19. The SMILES string of the molecule is COc1ccc(C(O)c2cccc(Cl)c2F)c(Br)c1. The molecule has 0 bridgehead atoms. The molecule has 1 unspecified atom stereocenters. The zero-order valence-corrected chi connectivity index (χ0v) is 12.4. The van der Waals surface area contributed by atoms with Crippen molar-refractivity contribution in [2.45, 2.75) is 6.10 Å². The highest BCUT2D eigenvalue weighted by atomic mass is 79.9. The topological polar surface area (TPSA) is 29.5 Å². The van der Waals surface area contributed by atoms with Crippen molar-refractivity contribution >= 4 is 27.5 Å². The molecule has 2 aromatic carbocycles. The number of rotatable bonds is 3. The van der Waals surface area contributed by atoms with Crippen LogP contribution < -0.4 is 4.74 Å². The highest BCUT2D eigenvalue weighted by Crippen LogP contribution is 2.33. The van der Waals surface area contributed by atoms with Crippen LogP contribution >= 0.6 is 27.5 Å². The standard InChI is InChI=1S/C14H11BrClFO2/c1-19-8-5-6-9(11(15)7-8)14(18)10-3-2-4-12(16)13(10)17/h2-7,14,18H,1H3. The number of methoxy groups -OCH3 is 1. The van der Waals surface area contributed by atoms with Crippen molar-refractivity contribution in [2.75, 3.05) is 7.11 Å². The van der Waals surface area contributed by atoms with E-state index in [2.05, 4.69) is 15.9 Å². The lowest BCUT2D eigenvalue weighted by Gasteiger charge is -2.15. The van der Waals surface area contributed by atoms with Gasteiger partial charge in [0.05, 0.1) is 12.1 Å². The van der Waals surface area contributed by atoms with E-state index in [9.17, 15) is 9.50 Å². The molecule has 5 heteroatoms. The van der Waals surface area contributed by atoms with E-state index < -0.39 is 11.9 Å². The summed E-state index contributed by atoms with van der Waals surface area (Å²) in [7, 11) is 1.55. The first kappa shape index (κ1) is 14.3. The smallest absolute Gasteiger partial charge is 0.147 e. The zero-order valence-electron chi connectivity index (χ0n) is 10.0. The van der Waals surface area contributed by atoms with E-state index in [0.29, 0.717) is 15.8 Å². The number of aliphatic hydroxyl groups is 1. The minimum atomic E-state index is -1.10. The number of hydrogen-bond acceptors (Lipinski definition) is 2. The number of ether oxygens (including phenoxy) is 1. The highest BCUT2D eigenvalue weighted by molar-refractivity contribution is 9.10. The maximum absolute atomic E-state index is 13.9. The minimum Gasteiger partial charge on any atom is -0.497 e. The van der Waals surface area contributed by atoms with Crippen molar-refractivity contribution in [3.63, 3.8) is 0 Å². The Morgan fingerprint density at radius 3 is 2.63 bits per heavy atom. The van der Waals surface area contributed by atoms with Gasteiger partial charge in [-0.05, 0) is 23.8 Å². The Morgan fingerprint density at radius 1 is 1.26 bits per heavy atom. The van der Waals surface area contributed by atoms with Crippen molar-refractivity contribution in [3.8, 4) is 5.75 Å². The summed E-state index contributed by atoms with van der Waals surface area (Å²) in [5, 5.41) is 10.3. The third-order valence-electron chi connectivity index (χ3n) is 2.78. The van der Waals surface area contributed by atoms with E-state index in [1.165, 1.54) is 12.1 Å². The van der Waals surface area contributed by atoms with Gasteiger partial charge in [0.2, 0.25) is 0 Å². The van der Waals surface area contributed by atoms with Crippen LogP contribution in [0.2, 0.25) is 5.02 Å². The first-order valence-electron chi connectivity index (χ1n) is 5.50. The average Bonchev–Trinajstić information content (AvgIpc) is 2.41. The summed E-state index contributed by atoms with van der Waals surface area (Å²) in [4.78, 5) is 0. The predicted octanol–water partition coefficient (Wildman–Crippen LogP) is 4.33. The molecular weight excluding hydrogens is 335 g/mol. The second kappa shape index (κ2) is 5.90. The second-order valence-corrected chi connectivity index (χ2v) is 5.19. The molecule has 2 rings (SSSR count). The molecule has 0 aromatic heterocycles. The molecule has 0 amide bonds. The van der Waals surface area contributed by atoms with Crippen LogP contribution in [0.3, 0.4) is 0 Å². The van der Waals surface area contributed by atoms with Crippen molar-refractivity contribution < 1.29 is 14.2 Å². The summed E-state index contributed by atoms with van der Waals surface area (Å²) in [6.45, 7) is 0. The molecule has 0 aliphatic heterocycles. The molecule has 0 radical (unpaired) electrons. The van der Waals surface area contributed by atoms with Gasteiger partial charge in [0.1, 0.15) is 17.7 Å². The lowest BCUT2D eigenvalue weighted by molar-refractivity contribution is 0.214. The van der Waals surface area contributed by atoms with Crippen LogP contribution in [0.4, 0.5) is 4.39 Å². The van der Waals surface area contributed by atoms with Gasteiger partial charge in [0.25, 0.3) is 0 Å². The Labute approximate surface area is 123 Å². The van der Waals surface area contributed by atoms with Gasteiger partial charge in [-0.25, -0.2) is 4.39 Å². The van der Waals surface area contributed by atoms with Crippen LogP contribution in [-0.4, -0.2) is 12.2 Å². The van der Waals surface area contributed by atoms with E-state index in [1.54, 1.807) is 31.4 Å². The largest absolute Gasteiger partial charge is 0.497 e. The maximum Gasteiger partial charge on any atom is 0.147 e. The Bertz CT molecular complexity index is 604. The molecule has 0 saturated carbocycles. The van der Waals surface area contributed by atoms with Crippen molar-refractivity contribution in [1.82, 2.24) is 0 Å². The van der Waals surface area contributed by atoms with Gasteiger partial charge < -0.3 is 9.84 Å². The molecule has 2 nitrogen and oxygen atoms in total. The normalized spacial score (nSPS) is 12.3. The molecule has 0 fully saturated rings. The predicted molar refractivity (Wildman–Crippen MR) is 76.2 cm³/mol. The van der Waals surface area contributed by atoms with Gasteiger partial charge in [0.15, 0.2) is 0 Å². The van der Waals surface area contributed by atoms with Crippen molar-refractivity contribution in [3.05, 3.63) is 62.8 Å². The van der Waals surface area contributed by atoms with E-state index >= 15 is 0 Å². The van der Waals surface area contributed by atoms with Gasteiger partial charge in [-0.3, -0.25) is 0 Å². The van der Waals surface area contributed by atoms with Crippen molar-refractivity contribution in [2.24, 2.45) is 0 Å². The summed E-state index contributed by atoms with van der Waals surface area (Å²) in [6.07, 6.45) is -1.10. The summed E-state index contributed by atoms with van der Waals surface area (Å²) < 4.78 is 19.6. The Kier molecular flexibility index (Phi) is 4.45. The van der Waals surface area contributed by atoms with Gasteiger partial charge in [-0.2, -0.15) is 0 Å². The van der Waals surface area contributed by atoms with Crippen LogP contribution in [0, 0.1) is 5.82 Å². The molecule has 0 heterocycles. The van der Waals surface area contributed by atoms with Crippen molar-refractivity contribution in [1.29, 1.82) is 0 Å². The van der Waals surface area contributed by atoms with Crippen LogP contribution in [-0.2, 0) is 0 Å². The molecule has 0 saturated heterocycles. The fourth-order valence-corrected chi connectivity index (χ4v) is 2.51. The third-order valence-corrected chi connectivity index (χ3v) is 3.76. The molecule has 0 spiro atoms. The second-order valence-electron chi connectivity index (χ2n) is 3.93. The molecule has 0 aliphatic carbocycles. The van der Waals surface area contributed by atoms with Gasteiger partial charge in [-0.15, -0.1) is 0 Å². The zero-order chi connectivity index (χ0) is 14.0. The summed E-state index contributed by atoms with van der Waals surface area (Å²) in [5.74, 6) is 0.0359. The lowest BCUT2D eigenvalue weighted by Crippen LogP contribution is -2.04. The fourth-order valence-electron chi connectivity index (χ4n) is 1.76. The average molecular weight is 346 g/mol.